The van der Waals surface area contributed by atoms with Gasteiger partial charge in [0, 0.05) is 0 Å². The van der Waals surface area contributed by atoms with Crippen molar-refractivity contribution in [3.8, 4) is 5.75 Å². The third-order valence-corrected chi connectivity index (χ3v) is 6.02. The van der Waals surface area contributed by atoms with Gasteiger partial charge in [0.15, 0.2) is 0 Å². The average molecular weight is 325 g/mol. The van der Waals surface area contributed by atoms with Crippen molar-refractivity contribution >= 4 is 0 Å². The molecule has 24 heavy (non-hydrogen) atoms. The fourth-order valence-corrected chi connectivity index (χ4v) is 4.72. The van der Waals surface area contributed by atoms with E-state index in [0.29, 0.717) is 6.61 Å². The Labute approximate surface area is 147 Å². The molecule has 2 aliphatic rings. The van der Waals surface area contributed by atoms with Crippen LogP contribution in [-0.4, -0.2) is 6.61 Å². The molecule has 2 fully saturated rings. The third-order valence-electron chi connectivity index (χ3n) is 6.02. The molecule has 0 saturated heterocycles. The molecule has 0 amide bonds. The molecule has 2 aliphatic carbocycles. The first kappa shape index (κ1) is 17.3. The minimum atomic E-state index is 0.584. The maximum atomic E-state index is 5.60. The number of fused-ring (bicyclic) bond motifs is 1. The van der Waals surface area contributed by atoms with Crippen LogP contribution in [0.3, 0.4) is 0 Å². The number of rotatable bonds is 6. The van der Waals surface area contributed by atoms with Crippen LogP contribution in [0.1, 0.15) is 63.4 Å². The maximum Gasteiger partial charge on any atom is 0.119 e. The lowest BCUT2D eigenvalue weighted by Gasteiger charge is -2.41. The summed E-state index contributed by atoms with van der Waals surface area (Å²) < 4.78 is 5.60. The van der Waals surface area contributed by atoms with Crippen LogP contribution in [0.15, 0.2) is 49.1 Å². The fourth-order valence-electron chi connectivity index (χ4n) is 4.72. The molecule has 0 N–H and O–H groups in total. The van der Waals surface area contributed by atoms with Crippen LogP contribution in [0.4, 0.5) is 0 Å². The van der Waals surface area contributed by atoms with E-state index in [1.54, 1.807) is 6.08 Å². The summed E-state index contributed by atoms with van der Waals surface area (Å²) in [6, 6.07) is 8.80. The molecular formula is C23H32O. The summed E-state index contributed by atoms with van der Waals surface area (Å²) >= 11 is 0. The quantitative estimate of drug-likeness (QED) is 0.541. The van der Waals surface area contributed by atoms with E-state index >= 15 is 0 Å². The van der Waals surface area contributed by atoms with Crippen LogP contribution < -0.4 is 4.74 Å². The zero-order chi connectivity index (χ0) is 16.8. The van der Waals surface area contributed by atoms with Crippen molar-refractivity contribution < 1.29 is 4.74 Å². The van der Waals surface area contributed by atoms with Gasteiger partial charge in [0.05, 0.1) is 0 Å². The van der Waals surface area contributed by atoms with Gasteiger partial charge >= 0.3 is 0 Å². The number of hydrogen-bond acceptors (Lipinski definition) is 1. The topological polar surface area (TPSA) is 9.23 Å². The Morgan fingerprint density at radius 1 is 1.04 bits per heavy atom. The normalized spacial score (nSPS) is 30.0. The van der Waals surface area contributed by atoms with Crippen molar-refractivity contribution in [2.45, 2.75) is 57.8 Å². The van der Waals surface area contributed by atoms with Gasteiger partial charge in [0.2, 0.25) is 0 Å². The molecule has 0 radical (unpaired) electrons. The van der Waals surface area contributed by atoms with E-state index in [1.165, 1.54) is 50.5 Å². The smallest absolute Gasteiger partial charge is 0.119 e. The van der Waals surface area contributed by atoms with Gasteiger partial charge in [-0.1, -0.05) is 43.9 Å². The number of ether oxygens (including phenoxy) is 1. The van der Waals surface area contributed by atoms with E-state index in [9.17, 15) is 0 Å². The molecule has 2 saturated carbocycles. The molecule has 4 atom stereocenters. The van der Waals surface area contributed by atoms with E-state index in [1.807, 2.05) is 0 Å². The van der Waals surface area contributed by atoms with Crippen LogP contribution in [0.2, 0.25) is 0 Å². The molecule has 1 heteroatoms. The van der Waals surface area contributed by atoms with E-state index in [4.69, 9.17) is 4.74 Å². The Kier molecular flexibility index (Phi) is 6.18. The van der Waals surface area contributed by atoms with Crippen molar-refractivity contribution in [1.29, 1.82) is 0 Å². The van der Waals surface area contributed by atoms with Crippen molar-refractivity contribution in [2.24, 2.45) is 17.8 Å². The Hall–Kier alpha value is -1.50. The molecule has 4 unspecified atom stereocenters. The lowest BCUT2D eigenvalue weighted by atomic mass is 9.64. The first-order valence-electron chi connectivity index (χ1n) is 9.80. The lowest BCUT2D eigenvalue weighted by Crippen LogP contribution is -2.30. The monoisotopic (exact) mass is 324 g/mol. The second-order valence-corrected chi connectivity index (χ2v) is 7.61. The minimum Gasteiger partial charge on any atom is -0.490 e. The summed E-state index contributed by atoms with van der Waals surface area (Å²) in [5, 5.41) is 0. The van der Waals surface area contributed by atoms with Gasteiger partial charge in [-0.05, 0) is 86.3 Å². The van der Waals surface area contributed by atoms with Gasteiger partial charge in [-0.25, -0.2) is 0 Å². The molecule has 3 rings (SSSR count). The minimum absolute atomic E-state index is 0.584. The van der Waals surface area contributed by atoms with E-state index in [0.717, 1.165) is 29.4 Å². The molecule has 0 heterocycles. The number of benzene rings is 1. The molecular weight excluding hydrogens is 292 g/mol. The van der Waals surface area contributed by atoms with Crippen LogP contribution in [0.5, 0.6) is 5.75 Å². The number of allylic oxidation sites excluding steroid dienone is 2. The molecule has 0 aromatic heterocycles. The Morgan fingerprint density at radius 3 is 2.54 bits per heavy atom. The van der Waals surface area contributed by atoms with Gasteiger partial charge in [-0.15, -0.1) is 0 Å². The summed E-state index contributed by atoms with van der Waals surface area (Å²) in [6.07, 6.45) is 16.3. The molecule has 0 spiro atoms. The first-order valence-corrected chi connectivity index (χ1v) is 9.80. The predicted octanol–water partition coefficient (Wildman–Crippen LogP) is 6.52. The van der Waals surface area contributed by atoms with Crippen molar-refractivity contribution in [1.82, 2.24) is 0 Å². The van der Waals surface area contributed by atoms with Crippen LogP contribution >= 0.6 is 0 Å². The highest BCUT2D eigenvalue weighted by molar-refractivity contribution is 5.30. The third kappa shape index (κ3) is 4.32. The molecule has 130 valence electrons. The van der Waals surface area contributed by atoms with Crippen molar-refractivity contribution in [3.05, 3.63) is 54.6 Å². The van der Waals surface area contributed by atoms with E-state index in [2.05, 4.69) is 49.9 Å². The summed E-state index contributed by atoms with van der Waals surface area (Å²) in [7, 11) is 0. The largest absolute Gasteiger partial charge is 0.490 e. The van der Waals surface area contributed by atoms with Crippen LogP contribution in [0.25, 0.3) is 0 Å². The Balaban J connectivity index is 1.56. The zero-order valence-electron chi connectivity index (χ0n) is 15.1. The van der Waals surface area contributed by atoms with Crippen LogP contribution in [-0.2, 0) is 0 Å². The molecule has 1 aromatic carbocycles. The van der Waals surface area contributed by atoms with Gasteiger partial charge < -0.3 is 4.74 Å². The second-order valence-electron chi connectivity index (χ2n) is 7.61. The van der Waals surface area contributed by atoms with E-state index < -0.39 is 0 Å². The molecule has 1 aromatic rings. The standard InChI is InChI=1S/C23H32O/c1-3-5-6-18-7-8-22-17-21(10-9-20(22)16-18)19-11-13-23(14-12-19)24-15-4-2/h4-6,11-14,18,20-22H,2-3,7-10,15-17H2,1H3. The van der Waals surface area contributed by atoms with Gasteiger partial charge in [-0.2, -0.15) is 0 Å². The summed E-state index contributed by atoms with van der Waals surface area (Å²) in [5.41, 5.74) is 1.51. The van der Waals surface area contributed by atoms with Gasteiger partial charge in [-0.3, -0.25) is 0 Å². The summed E-state index contributed by atoms with van der Waals surface area (Å²) in [5.74, 6) is 4.48. The molecule has 1 nitrogen and oxygen atoms in total. The van der Waals surface area contributed by atoms with Gasteiger partial charge in [0.25, 0.3) is 0 Å². The molecule has 0 bridgehead atoms. The Morgan fingerprint density at radius 2 is 1.79 bits per heavy atom. The van der Waals surface area contributed by atoms with E-state index in [-0.39, 0.29) is 0 Å². The van der Waals surface area contributed by atoms with Gasteiger partial charge in [0.1, 0.15) is 12.4 Å². The molecule has 0 aliphatic heterocycles. The first-order chi connectivity index (χ1) is 11.8. The average Bonchev–Trinajstić information content (AvgIpc) is 2.64. The highest BCUT2D eigenvalue weighted by Crippen LogP contribution is 2.47. The highest BCUT2D eigenvalue weighted by atomic mass is 16.5. The highest BCUT2D eigenvalue weighted by Gasteiger charge is 2.35. The Bertz CT molecular complexity index is 542. The second kappa shape index (κ2) is 8.55. The summed E-state index contributed by atoms with van der Waals surface area (Å²) in [6.45, 7) is 6.52. The van der Waals surface area contributed by atoms with Crippen LogP contribution in [0, 0.1) is 17.8 Å². The fraction of sp³-hybridized carbons (Fsp3) is 0.565. The maximum absolute atomic E-state index is 5.60. The summed E-state index contributed by atoms with van der Waals surface area (Å²) in [4.78, 5) is 0. The van der Waals surface area contributed by atoms with Crippen molar-refractivity contribution in [3.63, 3.8) is 0 Å². The van der Waals surface area contributed by atoms with Crippen molar-refractivity contribution in [2.75, 3.05) is 6.61 Å². The zero-order valence-corrected chi connectivity index (χ0v) is 15.1. The lowest BCUT2D eigenvalue weighted by molar-refractivity contribution is 0.133. The number of hydrogen-bond donors (Lipinski definition) is 0. The predicted molar refractivity (Wildman–Crippen MR) is 102 cm³/mol. The SMILES string of the molecule is C=CCOc1ccc(C2CCC3CC(C=CCC)CCC3C2)cc1.